The topological polar surface area (TPSA) is 112 Å². The Morgan fingerprint density at radius 3 is 2.46 bits per heavy atom. The molecule has 1 saturated heterocycles. The van der Waals surface area contributed by atoms with Crippen LogP contribution in [0.2, 0.25) is 0 Å². The molecule has 4 heterocycles. The molecular weight excluding hydrogens is 518 g/mol. The monoisotopic (exact) mass is 555 g/mol. The summed E-state index contributed by atoms with van der Waals surface area (Å²) < 4.78 is 1.79. The number of benzene rings is 1. The van der Waals surface area contributed by atoms with E-state index in [9.17, 15) is 14.4 Å². The highest BCUT2D eigenvalue weighted by molar-refractivity contribution is 6.07. The Balaban J connectivity index is 1.43. The van der Waals surface area contributed by atoms with Gasteiger partial charge in [0.2, 0.25) is 0 Å². The Bertz CT molecular complexity index is 1560. The molecule has 1 aromatic carbocycles. The van der Waals surface area contributed by atoms with Crippen molar-refractivity contribution in [2.45, 2.75) is 40.2 Å². The fraction of sp³-hybridized carbons (Fsp3) is 0.387. The largest absolute Gasteiger partial charge is 0.348 e. The minimum absolute atomic E-state index is 0.0172. The summed E-state index contributed by atoms with van der Waals surface area (Å²) in [6.45, 7) is 11.0. The molecule has 0 aliphatic carbocycles. The Morgan fingerprint density at radius 1 is 1.07 bits per heavy atom. The van der Waals surface area contributed by atoms with Crippen molar-refractivity contribution >= 4 is 28.8 Å². The van der Waals surface area contributed by atoms with E-state index in [1.807, 2.05) is 62.9 Å². The van der Waals surface area contributed by atoms with Gasteiger partial charge in [-0.1, -0.05) is 23.8 Å². The number of aromatic nitrogens is 3. The molecule has 0 unspecified atom stereocenters. The number of nitrogens with one attached hydrogen (secondary N) is 2. The summed E-state index contributed by atoms with van der Waals surface area (Å²) >= 11 is 0. The van der Waals surface area contributed by atoms with Gasteiger partial charge in [-0.2, -0.15) is 5.10 Å². The van der Waals surface area contributed by atoms with Crippen LogP contribution in [-0.2, 0) is 4.79 Å². The zero-order chi connectivity index (χ0) is 29.3. The Labute approximate surface area is 240 Å². The van der Waals surface area contributed by atoms with E-state index in [-0.39, 0.29) is 30.3 Å². The highest BCUT2D eigenvalue weighted by atomic mass is 16.2. The first kappa shape index (κ1) is 28.2. The summed E-state index contributed by atoms with van der Waals surface area (Å²) in [5.74, 6) is -0.497. The third kappa shape index (κ3) is 5.92. The number of pyridine rings is 1. The van der Waals surface area contributed by atoms with Crippen LogP contribution >= 0.6 is 0 Å². The van der Waals surface area contributed by atoms with Crippen LogP contribution in [0.4, 0.5) is 0 Å². The number of hydrogen-bond acceptors (Lipinski definition) is 6. The maximum Gasteiger partial charge on any atom is 0.253 e. The number of likely N-dealkylation sites (N-methyl/N-ethyl adjacent to an activating group) is 1. The molecule has 2 aliphatic heterocycles. The molecular formula is C31H37N7O3. The second kappa shape index (κ2) is 11.7. The number of hydrogen-bond donors (Lipinski definition) is 2. The number of rotatable bonds is 6. The van der Waals surface area contributed by atoms with E-state index in [2.05, 4.69) is 27.7 Å². The number of piperazine rings is 1. The smallest absolute Gasteiger partial charge is 0.253 e. The van der Waals surface area contributed by atoms with Crippen molar-refractivity contribution in [3.63, 3.8) is 0 Å². The third-order valence-corrected chi connectivity index (χ3v) is 7.76. The van der Waals surface area contributed by atoms with E-state index in [1.165, 1.54) is 0 Å². The Hall–Kier alpha value is -4.31. The van der Waals surface area contributed by atoms with Crippen LogP contribution in [0.15, 0.2) is 59.4 Å². The van der Waals surface area contributed by atoms with Gasteiger partial charge in [0.1, 0.15) is 0 Å². The van der Waals surface area contributed by atoms with Gasteiger partial charge in [-0.25, -0.2) is 9.67 Å². The van der Waals surface area contributed by atoms with Crippen molar-refractivity contribution in [2.24, 2.45) is 0 Å². The maximum atomic E-state index is 13.6. The first-order valence-electron chi connectivity index (χ1n) is 14.0. The highest BCUT2D eigenvalue weighted by Crippen LogP contribution is 2.27. The first-order chi connectivity index (χ1) is 19.6. The Morgan fingerprint density at radius 2 is 1.78 bits per heavy atom. The third-order valence-electron chi connectivity index (χ3n) is 7.76. The molecule has 41 heavy (non-hydrogen) atoms. The van der Waals surface area contributed by atoms with Gasteiger partial charge in [0, 0.05) is 61.2 Å². The average molecular weight is 556 g/mol. The van der Waals surface area contributed by atoms with Gasteiger partial charge in [-0.3, -0.25) is 14.4 Å². The average Bonchev–Trinajstić information content (AvgIpc) is 3.35. The zero-order valence-electron chi connectivity index (χ0n) is 24.3. The van der Waals surface area contributed by atoms with E-state index in [0.29, 0.717) is 52.9 Å². The van der Waals surface area contributed by atoms with E-state index in [0.717, 1.165) is 29.9 Å². The van der Waals surface area contributed by atoms with Crippen LogP contribution in [-0.4, -0.2) is 82.1 Å². The maximum absolute atomic E-state index is 13.6. The molecule has 2 aliphatic rings. The molecule has 0 spiro atoms. The number of carbonyl (C=O) groups is 3. The number of amides is 3. The molecule has 0 atom stereocenters. The number of allylic oxidation sites excluding steroid dienone is 3. The summed E-state index contributed by atoms with van der Waals surface area (Å²) in [5.41, 5.74) is 5.31. The molecule has 2 N–H and O–H groups in total. The van der Waals surface area contributed by atoms with Gasteiger partial charge in [0.05, 0.1) is 22.8 Å². The van der Waals surface area contributed by atoms with Crippen molar-refractivity contribution in [3.8, 4) is 11.3 Å². The molecule has 2 aromatic heterocycles. The predicted molar refractivity (Wildman–Crippen MR) is 158 cm³/mol. The van der Waals surface area contributed by atoms with Crippen LogP contribution in [0.5, 0.6) is 0 Å². The molecule has 10 heteroatoms. The van der Waals surface area contributed by atoms with Crippen LogP contribution < -0.4 is 10.6 Å². The molecule has 214 valence electrons. The van der Waals surface area contributed by atoms with Crippen molar-refractivity contribution < 1.29 is 14.4 Å². The molecule has 0 bridgehead atoms. The van der Waals surface area contributed by atoms with Gasteiger partial charge in [-0.15, -0.1) is 0 Å². The number of fused-ring (bicyclic) bond motifs is 1. The number of carbonyl (C=O) groups excluding carboxylic acids is 3. The van der Waals surface area contributed by atoms with Crippen LogP contribution in [0.1, 0.15) is 60.9 Å². The lowest BCUT2D eigenvalue weighted by Gasteiger charge is -2.32. The van der Waals surface area contributed by atoms with Gasteiger partial charge >= 0.3 is 0 Å². The molecule has 3 amide bonds. The summed E-state index contributed by atoms with van der Waals surface area (Å²) in [6, 6.07) is 9.16. The molecule has 5 rings (SSSR count). The summed E-state index contributed by atoms with van der Waals surface area (Å²) in [6.07, 6.45) is 4.27. The van der Waals surface area contributed by atoms with E-state index >= 15 is 0 Å². The lowest BCUT2D eigenvalue weighted by atomic mass is 10.0. The normalized spacial score (nSPS) is 16.6. The van der Waals surface area contributed by atoms with Crippen molar-refractivity contribution in [1.82, 2.24) is 35.2 Å². The summed E-state index contributed by atoms with van der Waals surface area (Å²) in [7, 11) is 2.06. The second-order valence-electron chi connectivity index (χ2n) is 11.1. The van der Waals surface area contributed by atoms with E-state index in [4.69, 9.17) is 4.98 Å². The minimum atomic E-state index is -0.314. The van der Waals surface area contributed by atoms with Gasteiger partial charge < -0.3 is 20.4 Å². The predicted octanol–water partition coefficient (Wildman–Crippen LogP) is 3.54. The lowest BCUT2D eigenvalue weighted by Crippen LogP contribution is -2.47. The molecule has 0 radical (unpaired) electrons. The lowest BCUT2D eigenvalue weighted by molar-refractivity contribution is -0.116. The second-order valence-corrected chi connectivity index (χ2v) is 11.1. The van der Waals surface area contributed by atoms with Gasteiger partial charge in [0.15, 0.2) is 5.65 Å². The van der Waals surface area contributed by atoms with Crippen LogP contribution in [0.3, 0.4) is 0 Å². The van der Waals surface area contributed by atoms with Crippen molar-refractivity contribution in [1.29, 1.82) is 0 Å². The standard InChI is InChI=1S/C31H37N7O3/c1-19(2)38-28-26(18-33-38)24(29(39)32-17-25-20(3)6-7-21(4)34-30(25)40)16-27(35-28)22-8-10-23(11-9-22)31(41)37-14-12-36(5)13-15-37/h7-11,16,18-19H,6,12-15,17H2,1-5H3,(H,32,39)(H,34,40). The van der Waals surface area contributed by atoms with E-state index in [1.54, 1.807) is 16.9 Å². The molecule has 3 aromatic rings. The summed E-state index contributed by atoms with van der Waals surface area (Å²) in [4.78, 5) is 48.3. The van der Waals surface area contributed by atoms with Crippen LogP contribution in [0, 0.1) is 0 Å². The molecule has 10 nitrogen and oxygen atoms in total. The fourth-order valence-electron chi connectivity index (χ4n) is 5.13. The Kier molecular flexibility index (Phi) is 8.03. The summed E-state index contributed by atoms with van der Waals surface area (Å²) in [5, 5.41) is 10.9. The minimum Gasteiger partial charge on any atom is -0.348 e. The molecule has 0 saturated carbocycles. The van der Waals surface area contributed by atoms with Crippen LogP contribution in [0.25, 0.3) is 22.3 Å². The zero-order valence-corrected chi connectivity index (χ0v) is 24.3. The van der Waals surface area contributed by atoms with Gasteiger partial charge in [0.25, 0.3) is 17.7 Å². The van der Waals surface area contributed by atoms with Gasteiger partial charge in [-0.05, 0) is 59.4 Å². The fourth-order valence-corrected chi connectivity index (χ4v) is 5.13. The number of nitrogens with zero attached hydrogens (tertiary/aromatic N) is 5. The van der Waals surface area contributed by atoms with Crippen molar-refractivity contribution in [2.75, 3.05) is 39.8 Å². The van der Waals surface area contributed by atoms with Crippen molar-refractivity contribution in [3.05, 3.63) is 70.6 Å². The quantitative estimate of drug-likeness (QED) is 0.481. The molecule has 1 fully saturated rings. The highest BCUT2D eigenvalue weighted by Gasteiger charge is 2.23. The van der Waals surface area contributed by atoms with E-state index < -0.39 is 0 Å². The first-order valence-corrected chi connectivity index (χ1v) is 14.0. The SMILES string of the molecule is CC1=CCC(C)=C(CNC(=O)c2cc(-c3ccc(C(=O)N4CCN(C)CC4)cc3)nc3c2cnn3C(C)C)C(=O)N1.